The smallest absolute Gasteiger partial charge is 0.0637 e. The lowest BCUT2D eigenvalue weighted by Gasteiger charge is -2.36. The summed E-state index contributed by atoms with van der Waals surface area (Å²) in [5.74, 6) is 0. The maximum absolute atomic E-state index is 5.46. The minimum Gasteiger partial charge on any atom is -0.379 e. The van der Waals surface area contributed by atoms with E-state index >= 15 is 0 Å². The lowest BCUT2D eigenvalue weighted by molar-refractivity contribution is -0.00751. The Morgan fingerprint density at radius 1 is 1.36 bits per heavy atom. The van der Waals surface area contributed by atoms with Gasteiger partial charge >= 0.3 is 0 Å². The fraction of sp³-hybridized carbons (Fsp3) is 1.00. The zero-order valence-corrected chi connectivity index (χ0v) is 9.97. The molecule has 0 aromatic carbocycles. The van der Waals surface area contributed by atoms with Crippen molar-refractivity contribution in [2.45, 2.75) is 38.8 Å². The Kier molecular flexibility index (Phi) is 4.35. The molecule has 0 aromatic heterocycles. The number of piperazine rings is 1. The predicted molar refractivity (Wildman–Crippen MR) is 59.6 cm³/mol. The van der Waals surface area contributed by atoms with Crippen LogP contribution in [0.3, 0.4) is 0 Å². The number of nitrogens with one attached hydrogen (secondary N) is 1. The second kappa shape index (κ2) is 5.10. The van der Waals surface area contributed by atoms with Gasteiger partial charge in [0, 0.05) is 39.3 Å². The van der Waals surface area contributed by atoms with Gasteiger partial charge in [0.15, 0.2) is 0 Å². The molecule has 0 radical (unpaired) electrons. The predicted octanol–water partition coefficient (Wildman–Crippen LogP) is 1.10. The Hall–Kier alpha value is -0.120. The zero-order chi connectivity index (χ0) is 10.6. The summed E-state index contributed by atoms with van der Waals surface area (Å²) in [5.41, 5.74) is 0.00426. The van der Waals surface area contributed by atoms with E-state index in [9.17, 15) is 0 Å². The normalized spacial score (nSPS) is 22.3. The Morgan fingerprint density at radius 2 is 1.93 bits per heavy atom. The van der Waals surface area contributed by atoms with Crippen molar-refractivity contribution in [3.63, 3.8) is 0 Å². The van der Waals surface area contributed by atoms with Crippen LogP contribution in [-0.2, 0) is 4.74 Å². The van der Waals surface area contributed by atoms with Gasteiger partial charge in [0.25, 0.3) is 0 Å². The van der Waals surface area contributed by atoms with Crippen LogP contribution in [0.5, 0.6) is 0 Å². The Labute approximate surface area is 87.8 Å². The SMILES string of the molecule is COC(C)(C)CC(C)N1CCNCC1. The summed E-state index contributed by atoms with van der Waals surface area (Å²) in [7, 11) is 1.80. The number of hydrogen-bond donors (Lipinski definition) is 1. The van der Waals surface area contributed by atoms with Crippen molar-refractivity contribution in [1.82, 2.24) is 10.2 Å². The third-order valence-corrected chi connectivity index (χ3v) is 3.11. The van der Waals surface area contributed by atoms with E-state index in [4.69, 9.17) is 4.74 Å². The summed E-state index contributed by atoms with van der Waals surface area (Å²) in [4.78, 5) is 2.54. The van der Waals surface area contributed by atoms with Crippen molar-refractivity contribution in [3.8, 4) is 0 Å². The molecule has 0 spiro atoms. The van der Waals surface area contributed by atoms with Crippen molar-refractivity contribution >= 4 is 0 Å². The van der Waals surface area contributed by atoms with Gasteiger partial charge < -0.3 is 10.1 Å². The van der Waals surface area contributed by atoms with Gasteiger partial charge in [-0.2, -0.15) is 0 Å². The molecule has 1 rings (SSSR count). The molecule has 3 heteroatoms. The monoisotopic (exact) mass is 200 g/mol. The third kappa shape index (κ3) is 3.56. The number of methoxy groups -OCH3 is 1. The first-order valence-electron chi connectivity index (χ1n) is 5.55. The van der Waals surface area contributed by atoms with Crippen LogP contribution in [0.1, 0.15) is 27.2 Å². The van der Waals surface area contributed by atoms with E-state index in [1.165, 1.54) is 13.1 Å². The summed E-state index contributed by atoms with van der Waals surface area (Å²) in [6.07, 6.45) is 1.10. The number of nitrogens with zero attached hydrogens (tertiary/aromatic N) is 1. The molecule has 1 saturated heterocycles. The summed E-state index contributed by atoms with van der Waals surface area (Å²) in [6.45, 7) is 11.2. The Morgan fingerprint density at radius 3 is 2.43 bits per heavy atom. The van der Waals surface area contributed by atoms with Crippen LogP contribution >= 0.6 is 0 Å². The average Bonchev–Trinajstić information content (AvgIpc) is 2.19. The van der Waals surface area contributed by atoms with E-state index in [2.05, 4.69) is 31.0 Å². The fourth-order valence-electron chi connectivity index (χ4n) is 2.05. The van der Waals surface area contributed by atoms with Gasteiger partial charge in [-0.3, -0.25) is 4.90 Å². The van der Waals surface area contributed by atoms with E-state index in [-0.39, 0.29) is 5.60 Å². The molecule has 1 unspecified atom stereocenters. The van der Waals surface area contributed by atoms with E-state index in [0.717, 1.165) is 19.5 Å². The molecule has 0 bridgehead atoms. The van der Waals surface area contributed by atoms with Crippen molar-refractivity contribution in [3.05, 3.63) is 0 Å². The Balaban J connectivity index is 2.36. The van der Waals surface area contributed by atoms with Crippen LogP contribution < -0.4 is 5.32 Å². The quantitative estimate of drug-likeness (QED) is 0.735. The summed E-state index contributed by atoms with van der Waals surface area (Å²) < 4.78 is 5.46. The van der Waals surface area contributed by atoms with Gasteiger partial charge in [0.05, 0.1) is 5.60 Å². The second-order valence-electron chi connectivity index (χ2n) is 4.80. The maximum atomic E-state index is 5.46. The van der Waals surface area contributed by atoms with Crippen LogP contribution in [0.4, 0.5) is 0 Å². The molecule has 14 heavy (non-hydrogen) atoms. The minimum atomic E-state index is 0.00426. The second-order valence-corrected chi connectivity index (χ2v) is 4.80. The number of rotatable bonds is 4. The first-order chi connectivity index (χ1) is 6.55. The molecule has 0 saturated carbocycles. The highest BCUT2D eigenvalue weighted by Gasteiger charge is 2.24. The average molecular weight is 200 g/mol. The third-order valence-electron chi connectivity index (χ3n) is 3.11. The number of ether oxygens (including phenoxy) is 1. The summed E-state index contributed by atoms with van der Waals surface area (Å²) >= 11 is 0. The lowest BCUT2D eigenvalue weighted by Crippen LogP contribution is -2.49. The van der Waals surface area contributed by atoms with Crippen LogP contribution in [0.25, 0.3) is 0 Å². The molecular formula is C11H24N2O. The largest absolute Gasteiger partial charge is 0.379 e. The van der Waals surface area contributed by atoms with E-state index in [0.29, 0.717) is 6.04 Å². The summed E-state index contributed by atoms with van der Waals surface area (Å²) in [6, 6.07) is 0.618. The van der Waals surface area contributed by atoms with Gasteiger partial charge in [0.1, 0.15) is 0 Å². The van der Waals surface area contributed by atoms with E-state index < -0.39 is 0 Å². The fourth-order valence-corrected chi connectivity index (χ4v) is 2.05. The van der Waals surface area contributed by atoms with Gasteiger partial charge in [0.2, 0.25) is 0 Å². The summed E-state index contributed by atoms with van der Waals surface area (Å²) in [5, 5.41) is 3.37. The molecule has 1 N–H and O–H groups in total. The molecule has 0 aliphatic carbocycles. The Bertz CT molecular complexity index is 165. The van der Waals surface area contributed by atoms with Gasteiger partial charge in [-0.1, -0.05) is 0 Å². The van der Waals surface area contributed by atoms with Crippen LogP contribution in [-0.4, -0.2) is 49.8 Å². The minimum absolute atomic E-state index is 0.00426. The van der Waals surface area contributed by atoms with Crippen LogP contribution in [0.2, 0.25) is 0 Å². The molecule has 1 atom stereocenters. The van der Waals surface area contributed by atoms with Crippen LogP contribution in [0, 0.1) is 0 Å². The molecule has 1 aliphatic heterocycles. The van der Waals surface area contributed by atoms with Gasteiger partial charge in [-0.25, -0.2) is 0 Å². The molecular weight excluding hydrogens is 176 g/mol. The van der Waals surface area contributed by atoms with Crippen molar-refractivity contribution in [1.29, 1.82) is 0 Å². The van der Waals surface area contributed by atoms with Crippen molar-refractivity contribution in [2.75, 3.05) is 33.3 Å². The molecule has 1 fully saturated rings. The molecule has 1 heterocycles. The highest BCUT2D eigenvalue weighted by Crippen LogP contribution is 2.18. The first-order valence-corrected chi connectivity index (χ1v) is 5.55. The van der Waals surface area contributed by atoms with Crippen molar-refractivity contribution in [2.24, 2.45) is 0 Å². The molecule has 0 amide bonds. The van der Waals surface area contributed by atoms with E-state index in [1.807, 2.05) is 0 Å². The lowest BCUT2D eigenvalue weighted by atomic mass is 9.98. The molecule has 3 nitrogen and oxygen atoms in total. The highest BCUT2D eigenvalue weighted by atomic mass is 16.5. The van der Waals surface area contributed by atoms with Gasteiger partial charge in [-0.15, -0.1) is 0 Å². The van der Waals surface area contributed by atoms with Gasteiger partial charge in [-0.05, 0) is 27.2 Å². The van der Waals surface area contributed by atoms with Crippen molar-refractivity contribution < 1.29 is 4.74 Å². The first kappa shape index (κ1) is 12.0. The standard InChI is InChI=1S/C11H24N2O/c1-10(9-11(2,3)14-4)13-7-5-12-6-8-13/h10,12H,5-9H2,1-4H3. The molecule has 1 aliphatic rings. The maximum Gasteiger partial charge on any atom is 0.0637 e. The highest BCUT2D eigenvalue weighted by molar-refractivity contribution is 4.80. The number of hydrogen-bond acceptors (Lipinski definition) is 3. The molecule has 0 aromatic rings. The van der Waals surface area contributed by atoms with Crippen LogP contribution in [0.15, 0.2) is 0 Å². The topological polar surface area (TPSA) is 24.5 Å². The molecule has 84 valence electrons. The zero-order valence-electron chi connectivity index (χ0n) is 9.97. The van der Waals surface area contributed by atoms with E-state index in [1.54, 1.807) is 7.11 Å².